The maximum absolute atomic E-state index is 11.7. The van der Waals surface area contributed by atoms with Gasteiger partial charge in [-0.15, -0.1) is 11.6 Å². The van der Waals surface area contributed by atoms with E-state index in [4.69, 9.17) is 9.90 Å². The van der Waals surface area contributed by atoms with Crippen LogP contribution in [0.5, 0.6) is 0 Å². The molecule has 0 fully saturated rings. The molecular formula is C9H15Al2F9Li2O6. The molecule has 0 saturated carbocycles. The average molecular weight is 458 g/mol. The molecule has 0 radical (unpaired) electrons. The fourth-order valence-corrected chi connectivity index (χ4v) is 2.02. The zero-order valence-electron chi connectivity index (χ0n) is 14.5. The van der Waals surface area contributed by atoms with Crippen molar-refractivity contribution in [1.29, 1.82) is 0 Å². The van der Waals surface area contributed by atoms with Crippen LogP contribution < -0.4 is 37.7 Å². The van der Waals surface area contributed by atoms with Gasteiger partial charge in [-0.3, -0.25) is 0 Å². The van der Waals surface area contributed by atoms with Crippen molar-refractivity contribution >= 4 is 49.0 Å². The van der Waals surface area contributed by atoms with Crippen molar-refractivity contribution in [3.63, 3.8) is 0 Å². The molecule has 0 amide bonds. The summed E-state index contributed by atoms with van der Waals surface area (Å²) in [5, 5.41) is 7.12. The first kappa shape index (κ1) is 42.2. The van der Waals surface area contributed by atoms with Gasteiger partial charge in [0.2, 0.25) is 0 Å². The SMILES string of the molecule is C.O=C(O)C(F)(F)F.[AlH3].[CH3][Al-]([CH3])([O]C(=O)C(F)(F)F)[O]C(=O)C(F)(F)F.[H-].[Li+].[Li+]. The molecule has 0 unspecified atom stereocenters. The van der Waals surface area contributed by atoms with Crippen molar-refractivity contribution in [3.05, 3.63) is 0 Å². The maximum atomic E-state index is 11.7. The molecule has 19 heteroatoms. The molecule has 0 aromatic rings. The Morgan fingerprint density at radius 3 is 1.04 bits per heavy atom. The Bertz CT molecular complexity index is 470. The number of hydrogen-bond donors (Lipinski definition) is 1. The summed E-state index contributed by atoms with van der Waals surface area (Å²) in [4.78, 5) is 29.6. The Balaban J connectivity index is -0.0000000707. The van der Waals surface area contributed by atoms with E-state index in [0.717, 1.165) is 11.6 Å². The van der Waals surface area contributed by atoms with E-state index < -0.39 is 50.2 Å². The van der Waals surface area contributed by atoms with Crippen molar-refractivity contribution in [2.45, 2.75) is 37.5 Å². The number of alkyl halides is 9. The van der Waals surface area contributed by atoms with E-state index in [1.807, 2.05) is 0 Å². The summed E-state index contributed by atoms with van der Waals surface area (Å²) in [7, 11) is 0. The summed E-state index contributed by atoms with van der Waals surface area (Å²) in [6.07, 6.45) is -15.8. The second-order valence-electron chi connectivity index (χ2n) is 4.23. The van der Waals surface area contributed by atoms with Gasteiger partial charge in [0.1, 0.15) is 0 Å². The average Bonchev–Trinajstić information content (AvgIpc) is 2.24. The Kier molecular flexibility index (Phi) is 22.5. The number of halogens is 9. The fraction of sp³-hybridized carbons (Fsp3) is 0.667. The summed E-state index contributed by atoms with van der Waals surface area (Å²) < 4.78 is 110. The predicted octanol–water partition coefficient (Wildman–Crippen LogP) is -3.89. The van der Waals surface area contributed by atoms with Gasteiger partial charge in [-0.2, -0.15) is 39.5 Å². The zero-order valence-corrected chi connectivity index (χ0v) is 14.6. The minimum atomic E-state index is -5.36. The van der Waals surface area contributed by atoms with Crippen LogP contribution in [0.1, 0.15) is 8.85 Å². The van der Waals surface area contributed by atoms with Gasteiger partial charge in [0.25, 0.3) is 0 Å². The molecule has 158 valence electrons. The van der Waals surface area contributed by atoms with Crippen LogP contribution in [0.3, 0.4) is 0 Å². The van der Waals surface area contributed by atoms with E-state index in [1.54, 1.807) is 0 Å². The van der Waals surface area contributed by atoms with Crippen LogP contribution in [0.4, 0.5) is 39.5 Å². The minimum Gasteiger partial charge on any atom is -1.00 e. The molecule has 0 bridgehead atoms. The van der Waals surface area contributed by atoms with E-state index in [-0.39, 0.29) is 63.9 Å². The number of carboxylic acid groups (broad SMARTS) is 1. The third-order valence-electron chi connectivity index (χ3n) is 1.49. The molecule has 0 spiro atoms. The van der Waals surface area contributed by atoms with Crippen molar-refractivity contribution in [1.82, 2.24) is 0 Å². The maximum Gasteiger partial charge on any atom is 1.00 e. The first-order valence-corrected chi connectivity index (χ1v) is 8.57. The summed E-state index contributed by atoms with van der Waals surface area (Å²) in [6.45, 7) is 0. The van der Waals surface area contributed by atoms with Gasteiger partial charge < -0.3 is 14.1 Å². The normalized spacial score (nSPS) is 10.8. The van der Waals surface area contributed by atoms with Crippen molar-refractivity contribution in [2.75, 3.05) is 0 Å². The van der Waals surface area contributed by atoms with Gasteiger partial charge in [-0.05, 0) is 0 Å². The molecule has 0 saturated heterocycles. The molecule has 0 aromatic heterocycles. The fourth-order valence-electron chi connectivity index (χ4n) is 0.673. The van der Waals surface area contributed by atoms with Crippen LogP contribution in [0.2, 0.25) is 11.6 Å². The summed E-state index contributed by atoms with van der Waals surface area (Å²) in [6, 6.07) is 0. The molecule has 0 heterocycles. The zero-order chi connectivity index (χ0) is 20.1. The molecule has 0 aromatic carbocycles. The van der Waals surface area contributed by atoms with Crippen molar-refractivity contribution < 1.29 is 106 Å². The quantitative estimate of drug-likeness (QED) is 0.337. The summed E-state index contributed by atoms with van der Waals surface area (Å²) >= 11 is -4.49. The second kappa shape index (κ2) is 14.9. The summed E-state index contributed by atoms with van der Waals surface area (Å²) in [5.74, 6) is -6.70. The largest absolute Gasteiger partial charge is 1.00 e. The van der Waals surface area contributed by atoms with Crippen LogP contribution in [0.15, 0.2) is 0 Å². The molecule has 28 heavy (non-hydrogen) atoms. The second-order valence-corrected chi connectivity index (χ2v) is 7.93. The van der Waals surface area contributed by atoms with Crippen LogP contribution in [-0.4, -0.2) is 72.6 Å². The van der Waals surface area contributed by atoms with E-state index in [9.17, 15) is 49.1 Å². The van der Waals surface area contributed by atoms with E-state index in [1.165, 1.54) is 0 Å². The van der Waals surface area contributed by atoms with Gasteiger partial charge >= 0.3 is 87.9 Å². The molecule has 0 atom stereocenters. The smallest absolute Gasteiger partial charge is 1.00 e. The van der Waals surface area contributed by atoms with Gasteiger partial charge in [0, 0.05) is 0 Å². The molecule has 6 nitrogen and oxygen atoms in total. The molecule has 0 aliphatic carbocycles. The van der Waals surface area contributed by atoms with Gasteiger partial charge in [0.05, 0.1) is 0 Å². The monoisotopic (exact) mass is 458 g/mol. The molecule has 0 rings (SSSR count). The van der Waals surface area contributed by atoms with Crippen LogP contribution in [0, 0.1) is 0 Å². The Hall–Kier alpha value is 0.0397. The minimum absolute atomic E-state index is 0. The number of rotatable bonds is 2. The van der Waals surface area contributed by atoms with Crippen LogP contribution in [0.25, 0.3) is 0 Å². The van der Waals surface area contributed by atoms with Crippen LogP contribution >= 0.6 is 0 Å². The number of hydrogen-bond acceptors (Lipinski definition) is 5. The Morgan fingerprint density at radius 2 is 0.929 bits per heavy atom. The Morgan fingerprint density at radius 1 is 0.750 bits per heavy atom. The molecule has 1 N–H and O–H groups in total. The third-order valence-corrected chi connectivity index (χ3v) is 3.05. The third kappa shape index (κ3) is 20.8. The van der Waals surface area contributed by atoms with Crippen molar-refractivity contribution in [2.24, 2.45) is 0 Å². The summed E-state index contributed by atoms with van der Waals surface area (Å²) in [5.41, 5.74) is 0. The Labute approximate surface area is 191 Å². The van der Waals surface area contributed by atoms with Gasteiger partial charge in [-0.25, -0.2) is 14.4 Å². The predicted molar refractivity (Wildman–Crippen MR) is 73.2 cm³/mol. The van der Waals surface area contributed by atoms with Crippen LogP contribution in [-0.2, 0) is 22.0 Å². The standard InChI is InChI=1S/3C2HF3O2.CH4.2CH3.2Al.2Li.4H/c3*3-2(4,5)1(6)7;;;;;;;;;;;/h3*(H,6,7);1H4;2*1H3;;;;;;;;/q;;;;;;;3*+1;;;;-1/p-2. The van der Waals surface area contributed by atoms with Gasteiger partial charge in [-0.1, -0.05) is 7.43 Å². The molecular weight excluding hydrogens is 443 g/mol. The van der Waals surface area contributed by atoms with Crippen molar-refractivity contribution in [3.8, 4) is 0 Å². The number of carboxylic acids is 1. The first-order valence-electron chi connectivity index (χ1n) is 5.32. The topological polar surface area (TPSA) is 89.9 Å². The van der Waals surface area contributed by atoms with Gasteiger partial charge in [0.15, 0.2) is 17.4 Å². The van der Waals surface area contributed by atoms with E-state index in [0.29, 0.717) is 0 Å². The molecule has 0 aliphatic heterocycles. The number of carbonyl (C=O) groups excluding carboxylic acids is 2. The first-order chi connectivity index (χ1) is 10.2. The number of aliphatic carboxylic acids is 1. The number of carbonyl (C=O) groups is 3. The van der Waals surface area contributed by atoms with E-state index in [2.05, 4.69) is 7.58 Å². The molecule has 0 aliphatic rings. The van der Waals surface area contributed by atoms with E-state index >= 15 is 0 Å².